The van der Waals surface area contributed by atoms with Crippen molar-refractivity contribution in [2.75, 3.05) is 6.61 Å². The van der Waals surface area contributed by atoms with E-state index >= 15 is 0 Å². The number of aryl methyl sites for hydroxylation is 1. The summed E-state index contributed by atoms with van der Waals surface area (Å²) in [6, 6.07) is 7.45. The Bertz CT molecular complexity index is 1050. The van der Waals surface area contributed by atoms with E-state index in [1.54, 1.807) is 17.4 Å². The van der Waals surface area contributed by atoms with Crippen LogP contribution in [0.15, 0.2) is 35.4 Å². The first kappa shape index (κ1) is 19.6. The highest BCUT2D eigenvalue weighted by Crippen LogP contribution is 2.35. The van der Waals surface area contributed by atoms with E-state index in [4.69, 9.17) is 16.3 Å². The number of hydrogen-bond donors (Lipinski definition) is 1. The molecule has 0 spiro atoms. The van der Waals surface area contributed by atoms with Crippen LogP contribution in [0.3, 0.4) is 0 Å². The van der Waals surface area contributed by atoms with Crippen LogP contribution in [0.25, 0.3) is 10.2 Å². The minimum Gasteiger partial charge on any atom is -0.389 e. The highest BCUT2D eigenvalue weighted by Gasteiger charge is 2.23. The first-order chi connectivity index (χ1) is 13.5. The molecule has 0 saturated carbocycles. The molecular formula is C21H23ClN2O3S. The van der Waals surface area contributed by atoms with Crippen LogP contribution in [0.2, 0.25) is 5.02 Å². The molecule has 2 atom stereocenters. The summed E-state index contributed by atoms with van der Waals surface area (Å²) >= 11 is 7.74. The van der Waals surface area contributed by atoms with E-state index < -0.39 is 6.10 Å². The number of hydrogen-bond acceptors (Lipinski definition) is 5. The quantitative estimate of drug-likeness (QED) is 0.661. The van der Waals surface area contributed by atoms with Gasteiger partial charge in [-0.25, -0.2) is 4.98 Å². The minimum atomic E-state index is -0.797. The topological polar surface area (TPSA) is 64.3 Å². The molecule has 0 fully saturated rings. The Kier molecular flexibility index (Phi) is 5.83. The van der Waals surface area contributed by atoms with Crippen molar-refractivity contribution in [2.24, 2.45) is 5.92 Å². The average molecular weight is 419 g/mol. The normalized spacial score (nSPS) is 17.6. The molecule has 0 aliphatic heterocycles. The van der Waals surface area contributed by atoms with Gasteiger partial charge in [0.25, 0.3) is 5.56 Å². The summed E-state index contributed by atoms with van der Waals surface area (Å²) in [5.74, 6) is 0.653. The molecule has 148 valence electrons. The third kappa shape index (κ3) is 4.01. The summed E-state index contributed by atoms with van der Waals surface area (Å²) in [7, 11) is 0. The Morgan fingerprint density at radius 1 is 1.43 bits per heavy atom. The van der Waals surface area contributed by atoms with Crippen molar-refractivity contribution in [3.63, 3.8) is 0 Å². The zero-order chi connectivity index (χ0) is 19.7. The van der Waals surface area contributed by atoms with Crippen molar-refractivity contribution >= 4 is 33.2 Å². The first-order valence-electron chi connectivity index (χ1n) is 9.52. The minimum absolute atomic E-state index is 0.0674. The molecule has 1 aliphatic carbocycles. The average Bonchev–Trinajstić information content (AvgIpc) is 3.04. The Labute approximate surface area is 172 Å². The molecular weight excluding hydrogens is 396 g/mol. The number of benzene rings is 1. The zero-order valence-electron chi connectivity index (χ0n) is 15.7. The van der Waals surface area contributed by atoms with Gasteiger partial charge in [-0.2, -0.15) is 0 Å². The third-order valence-corrected chi connectivity index (χ3v) is 6.75. The SMILES string of the molecule is CC1CCc2c(sc3ncn(CC(O)COCc4ccccc4Cl)c(=O)c23)C1. The molecule has 1 aromatic carbocycles. The van der Waals surface area contributed by atoms with Gasteiger partial charge in [-0.15, -0.1) is 11.3 Å². The van der Waals surface area contributed by atoms with Gasteiger partial charge in [0.2, 0.25) is 0 Å². The van der Waals surface area contributed by atoms with Gasteiger partial charge < -0.3 is 9.84 Å². The van der Waals surface area contributed by atoms with Gasteiger partial charge in [0.05, 0.1) is 37.6 Å². The van der Waals surface area contributed by atoms with E-state index in [1.807, 2.05) is 18.2 Å². The second kappa shape index (κ2) is 8.33. The molecule has 4 rings (SSSR count). The lowest BCUT2D eigenvalue weighted by molar-refractivity contribution is 0.0198. The Morgan fingerprint density at radius 2 is 2.25 bits per heavy atom. The van der Waals surface area contributed by atoms with E-state index in [2.05, 4.69) is 11.9 Å². The molecule has 0 saturated heterocycles. The summed E-state index contributed by atoms with van der Waals surface area (Å²) in [6.07, 6.45) is 3.79. The van der Waals surface area contributed by atoms with Gasteiger partial charge in [-0.05, 0) is 42.4 Å². The highest BCUT2D eigenvalue weighted by molar-refractivity contribution is 7.18. The van der Waals surface area contributed by atoms with E-state index in [0.717, 1.165) is 40.6 Å². The number of thiophene rings is 1. The van der Waals surface area contributed by atoms with Crippen LogP contribution in [0.1, 0.15) is 29.3 Å². The Morgan fingerprint density at radius 3 is 3.07 bits per heavy atom. The largest absolute Gasteiger partial charge is 0.389 e. The van der Waals surface area contributed by atoms with Crippen molar-refractivity contribution < 1.29 is 9.84 Å². The molecule has 0 radical (unpaired) electrons. The maximum absolute atomic E-state index is 13.0. The van der Waals surface area contributed by atoms with Crippen LogP contribution in [0, 0.1) is 5.92 Å². The lowest BCUT2D eigenvalue weighted by Gasteiger charge is -2.17. The van der Waals surface area contributed by atoms with Crippen LogP contribution in [-0.2, 0) is 30.7 Å². The van der Waals surface area contributed by atoms with Gasteiger partial charge in [-0.3, -0.25) is 9.36 Å². The predicted molar refractivity (Wildman–Crippen MR) is 112 cm³/mol. The number of fused-ring (bicyclic) bond motifs is 3. The lowest BCUT2D eigenvalue weighted by atomic mass is 9.89. The molecule has 2 heterocycles. The summed E-state index contributed by atoms with van der Waals surface area (Å²) in [4.78, 5) is 19.6. The van der Waals surface area contributed by atoms with Crippen molar-refractivity contribution in [3.8, 4) is 0 Å². The number of aliphatic hydroxyl groups is 1. The molecule has 3 aromatic rings. The second-order valence-corrected chi connectivity index (χ2v) is 8.99. The van der Waals surface area contributed by atoms with Crippen molar-refractivity contribution in [3.05, 3.63) is 62.0 Å². The van der Waals surface area contributed by atoms with Crippen LogP contribution >= 0.6 is 22.9 Å². The standard InChI is InChI=1S/C21H23ClN2O3S/c1-13-6-7-16-18(8-13)28-20-19(16)21(26)24(12-23-20)9-15(25)11-27-10-14-4-2-3-5-17(14)22/h2-5,12-13,15,25H,6-11H2,1H3. The van der Waals surface area contributed by atoms with E-state index in [-0.39, 0.29) is 18.7 Å². The van der Waals surface area contributed by atoms with E-state index in [1.165, 1.54) is 15.8 Å². The van der Waals surface area contributed by atoms with Crippen molar-refractivity contribution in [1.29, 1.82) is 0 Å². The number of aromatic nitrogens is 2. The van der Waals surface area contributed by atoms with Gasteiger partial charge in [0, 0.05) is 9.90 Å². The number of rotatable bonds is 6. The zero-order valence-corrected chi connectivity index (χ0v) is 17.3. The predicted octanol–water partition coefficient (Wildman–Crippen LogP) is 3.81. The first-order valence-corrected chi connectivity index (χ1v) is 10.7. The van der Waals surface area contributed by atoms with Crippen molar-refractivity contribution in [2.45, 2.75) is 45.4 Å². The van der Waals surface area contributed by atoms with Crippen LogP contribution < -0.4 is 5.56 Å². The van der Waals surface area contributed by atoms with Gasteiger partial charge in [-0.1, -0.05) is 36.7 Å². The Hall–Kier alpha value is -1.73. The fraction of sp³-hybridized carbons (Fsp3) is 0.429. The number of nitrogens with zero attached hydrogens (tertiary/aromatic N) is 2. The molecule has 2 aromatic heterocycles. The van der Waals surface area contributed by atoms with E-state index in [9.17, 15) is 9.90 Å². The maximum atomic E-state index is 13.0. The molecule has 1 aliphatic rings. The lowest BCUT2D eigenvalue weighted by Crippen LogP contribution is -2.29. The van der Waals surface area contributed by atoms with Crippen LogP contribution in [0.5, 0.6) is 0 Å². The van der Waals surface area contributed by atoms with Crippen LogP contribution in [-0.4, -0.2) is 27.4 Å². The number of aliphatic hydroxyl groups excluding tert-OH is 1. The molecule has 1 N–H and O–H groups in total. The monoisotopic (exact) mass is 418 g/mol. The summed E-state index contributed by atoms with van der Waals surface area (Å²) in [5, 5.41) is 11.7. The molecule has 2 unspecified atom stereocenters. The molecule has 0 amide bonds. The molecule has 7 heteroatoms. The fourth-order valence-corrected chi connectivity index (χ4v) is 5.23. The van der Waals surface area contributed by atoms with E-state index in [0.29, 0.717) is 17.5 Å². The molecule has 5 nitrogen and oxygen atoms in total. The summed E-state index contributed by atoms with van der Waals surface area (Å²) in [6.45, 7) is 2.84. The summed E-state index contributed by atoms with van der Waals surface area (Å²) in [5.41, 5.74) is 1.97. The maximum Gasteiger partial charge on any atom is 0.262 e. The summed E-state index contributed by atoms with van der Waals surface area (Å²) < 4.78 is 7.08. The van der Waals surface area contributed by atoms with Gasteiger partial charge >= 0.3 is 0 Å². The highest BCUT2D eigenvalue weighted by atomic mass is 35.5. The number of halogens is 1. The molecule has 0 bridgehead atoms. The smallest absolute Gasteiger partial charge is 0.262 e. The van der Waals surface area contributed by atoms with Gasteiger partial charge in [0.1, 0.15) is 4.83 Å². The fourth-order valence-electron chi connectivity index (χ4n) is 3.70. The third-order valence-electron chi connectivity index (χ3n) is 5.22. The molecule has 28 heavy (non-hydrogen) atoms. The Balaban J connectivity index is 1.45. The second-order valence-electron chi connectivity index (χ2n) is 7.49. The van der Waals surface area contributed by atoms with Crippen molar-refractivity contribution in [1.82, 2.24) is 9.55 Å². The van der Waals surface area contributed by atoms with Crippen LogP contribution in [0.4, 0.5) is 0 Å². The van der Waals surface area contributed by atoms with Gasteiger partial charge in [0.15, 0.2) is 0 Å². The number of ether oxygens (including phenoxy) is 1.